The fraction of sp³-hybridized carbons (Fsp3) is 0.833. The molecule has 0 aromatic heterocycles. The highest BCUT2D eigenvalue weighted by molar-refractivity contribution is 5.86. The first-order valence-corrected chi connectivity index (χ1v) is 5.93. The van der Waals surface area contributed by atoms with Crippen molar-refractivity contribution in [2.45, 2.75) is 46.2 Å². The largest absolute Gasteiger partial charge is 0.466 e. The first-order chi connectivity index (χ1) is 8.17. The highest BCUT2D eigenvalue weighted by Gasteiger charge is 2.32. The zero-order valence-electron chi connectivity index (χ0n) is 10.8. The van der Waals surface area contributed by atoms with Crippen LogP contribution in [0.2, 0.25) is 0 Å². The monoisotopic (exact) mass is 268 g/mol. The maximum absolute atomic E-state index is 12.1. The lowest BCUT2D eigenvalue weighted by Crippen LogP contribution is -2.25. The van der Waals surface area contributed by atoms with Crippen molar-refractivity contribution in [1.82, 2.24) is 0 Å². The number of carbonyl (C=O) groups is 2. The summed E-state index contributed by atoms with van der Waals surface area (Å²) in [5, 5.41) is 0. The van der Waals surface area contributed by atoms with Crippen molar-refractivity contribution >= 4 is 11.8 Å². The first kappa shape index (κ1) is 16.9. The van der Waals surface area contributed by atoms with E-state index >= 15 is 0 Å². The van der Waals surface area contributed by atoms with Gasteiger partial charge in [0.05, 0.1) is 13.0 Å². The molecular formula is C12H19F3O3. The number of ether oxygens (including phenoxy) is 1. The van der Waals surface area contributed by atoms with Crippen LogP contribution in [0.3, 0.4) is 0 Å². The second-order valence-corrected chi connectivity index (χ2v) is 4.42. The molecule has 0 aromatic rings. The van der Waals surface area contributed by atoms with Crippen LogP contribution < -0.4 is 0 Å². The van der Waals surface area contributed by atoms with Gasteiger partial charge in [-0.05, 0) is 13.3 Å². The van der Waals surface area contributed by atoms with E-state index in [-0.39, 0.29) is 25.2 Å². The Hall–Kier alpha value is -1.07. The summed E-state index contributed by atoms with van der Waals surface area (Å²) in [5.74, 6) is -2.26. The van der Waals surface area contributed by atoms with Crippen LogP contribution in [0.5, 0.6) is 0 Å². The summed E-state index contributed by atoms with van der Waals surface area (Å²) in [4.78, 5) is 23.0. The Balaban J connectivity index is 4.53. The van der Waals surface area contributed by atoms with E-state index in [0.29, 0.717) is 0 Å². The van der Waals surface area contributed by atoms with E-state index in [4.69, 9.17) is 0 Å². The van der Waals surface area contributed by atoms with E-state index in [2.05, 4.69) is 4.74 Å². The molecule has 6 heteroatoms. The number of ketones is 1. The average molecular weight is 268 g/mol. The molecule has 1 atom stereocenters. The molecule has 0 radical (unpaired) electrons. The highest BCUT2D eigenvalue weighted by atomic mass is 19.4. The summed E-state index contributed by atoms with van der Waals surface area (Å²) in [6, 6.07) is 0. The molecule has 0 heterocycles. The van der Waals surface area contributed by atoms with Gasteiger partial charge >= 0.3 is 12.1 Å². The number of hydrogen-bond acceptors (Lipinski definition) is 3. The van der Waals surface area contributed by atoms with Gasteiger partial charge in [-0.2, -0.15) is 13.2 Å². The third-order valence-electron chi connectivity index (χ3n) is 2.47. The first-order valence-electron chi connectivity index (χ1n) is 5.93. The minimum absolute atomic E-state index is 0.153. The molecule has 0 aliphatic rings. The van der Waals surface area contributed by atoms with Crippen LogP contribution in [-0.2, 0) is 14.3 Å². The van der Waals surface area contributed by atoms with Gasteiger partial charge in [0.1, 0.15) is 5.78 Å². The Morgan fingerprint density at radius 3 is 2.17 bits per heavy atom. The topological polar surface area (TPSA) is 43.4 Å². The highest BCUT2D eigenvalue weighted by Crippen LogP contribution is 2.27. The molecule has 0 spiro atoms. The van der Waals surface area contributed by atoms with E-state index in [1.807, 2.05) is 0 Å². The Kier molecular flexibility index (Phi) is 6.94. The summed E-state index contributed by atoms with van der Waals surface area (Å²) < 4.78 is 41.1. The second-order valence-electron chi connectivity index (χ2n) is 4.42. The smallest absolute Gasteiger partial charge is 0.389 e. The predicted molar refractivity (Wildman–Crippen MR) is 59.9 cm³/mol. The summed E-state index contributed by atoms with van der Waals surface area (Å²) in [6.07, 6.45) is -6.01. The molecule has 0 bridgehead atoms. The van der Waals surface area contributed by atoms with Gasteiger partial charge in [0, 0.05) is 18.3 Å². The normalized spacial score (nSPS) is 13.5. The van der Waals surface area contributed by atoms with Gasteiger partial charge in [0.15, 0.2) is 0 Å². The van der Waals surface area contributed by atoms with Crippen molar-refractivity contribution in [3.63, 3.8) is 0 Å². The van der Waals surface area contributed by atoms with E-state index in [1.54, 1.807) is 20.8 Å². The molecule has 18 heavy (non-hydrogen) atoms. The number of rotatable bonds is 7. The summed E-state index contributed by atoms with van der Waals surface area (Å²) in [6.45, 7) is 4.97. The number of alkyl halides is 3. The summed E-state index contributed by atoms with van der Waals surface area (Å²) in [7, 11) is 0. The molecule has 0 saturated carbocycles. The molecule has 0 saturated heterocycles. The quantitative estimate of drug-likeness (QED) is 0.666. The molecule has 0 N–H and O–H groups in total. The van der Waals surface area contributed by atoms with Crippen LogP contribution in [0, 0.1) is 11.8 Å². The number of hydrogen-bond donors (Lipinski definition) is 0. The third-order valence-corrected chi connectivity index (χ3v) is 2.47. The van der Waals surface area contributed by atoms with Crippen LogP contribution in [0.15, 0.2) is 0 Å². The Morgan fingerprint density at radius 1 is 1.22 bits per heavy atom. The SMILES string of the molecule is CCOC(=O)CC(CCC(F)(F)F)C(=O)C(C)C. The molecule has 0 rings (SSSR count). The van der Waals surface area contributed by atoms with Gasteiger partial charge in [0.25, 0.3) is 0 Å². The van der Waals surface area contributed by atoms with Gasteiger partial charge in [-0.25, -0.2) is 0 Å². The fourth-order valence-electron chi connectivity index (χ4n) is 1.58. The molecule has 0 amide bonds. The maximum atomic E-state index is 12.1. The number of carbonyl (C=O) groups excluding carboxylic acids is 2. The molecule has 0 fully saturated rings. The minimum Gasteiger partial charge on any atom is -0.466 e. The van der Waals surface area contributed by atoms with Crippen molar-refractivity contribution in [2.24, 2.45) is 11.8 Å². The van der Waals surface area contributed by atoms with Crippen LogP contribution in [-0.4, -0.2) is 24.5 Å². The number of halogens is 3. The van der Waals surface area contributed by atoms with Gasteiger partial charge in [0.2, 0.25) is 0 Å². The summed E-state index contributed by atoms with van der Waals surface area (Å²) >= 11 is 0. The van der Waals surface area contributed by atoms with Crippen molar-refractivity contribution in [3.05, 3.63) is 0 Å². The lowest BCUT2D eigenvalue weighted by Gasteiger charge is -2.18. The molecular weight excluding hydrogens is 249 g/mol. The average Bonchev–Trinajstić information content (AvgIpc) is 2.22. The van der Waals surface area contributed by atoms with E-state index in [1.165, 1.54) is 0 Å². The van der Waals surface area contributed by atoms with Gasteiger partial charge in [-0.1, -0.05) is 13.8 Å². The molecule has 3 nitrogen and oxygen atoms in total. The fourth-order valence-corrected chi connectivity index (χ4v) is 1.58. The van der Waals surface area contributed by atoms with E-state index in [9.17, 15) is 22.8 Å². The molecule has 106 valence electrons. The number of esters is 1. The van der Waals surface area contributed by atoms with Gasteiger partial charge < -0.3 is 4.74 Å². The minimum atomic E-state index is -4.32. The predicted octanol–water partition coefficient (Wildman–Crippen LogP) is 3.12. The van der Waals surface area contributed by atoms with Crippen LogP contribution in [0.1, 0.15) is 40.0 Å². The zero-order valence-corrected chi connectivity index (χ0v) is 10.8. The van der Waals surface area contributed by atoms with Crippen LogP contribution >= 0.6 is 0 Å². The van der Waals surface area contributed by atoms with E-state index < -0.39 is 30.4 Å². The Labute approximate surface area is 105 Å². The van der Waals surface area contributed by atoms with Crippen molar-refractivity contribution in [2.75, 3.05) is 6.61 Å². The molecule has 1 unspecified atom stereocenters. The standard InChI is InChI=1S/C12H19F3O3/c1-4-18-10(16)7-9(11(17)8(2)3)5-6-12(13,14)15/h8-9H,4-7H2,1-3H3. The lowest BCUT2D eigenvalue weighted by atomic mass is 9.88. The Bertz CT molecular complexity index is 285. The molecule has 0 aromatic carbocycles. The maximum Gasteiger partial charge on any atom is 0.389 e. The Morgan fingerprint density at radius 2 is 1.78 bits per heavy atom. The van der Waals surface area contributed by atoms with Crippen molar-refractivity contribution < 1.29 is 27.5 Å². The van der Waals surface area contributed by atoms with Crippen molar-refractivity contribution in [1.29, 1.82) is 0 Å². The third kappa shape index (κ3) is 7.29. The molecule has 0 aliphatic heterocycles. The van der Waals surface area contributed by atoms with Crippen molar-refractivity contribution in [3.8, 4) is 0 Å². The number of Topliss-reactive ketones (excluding diaryl/α,β-unsaturated/α-hetero) is 1. The van der Waals surface area contributed by atoms with Gasteiger partial charge in [-0.3, -0.25) is 9.59 Å². The van der Waals surface area contributed by atoms with Crippen LogP contribution in [0.4, 0.5) is 13.2 Å². The zero-order chi connectivity index (χ0) is 14.3. The summed E-state index contributed by atoms with van der Waals surface area (Å²) in [5.41, 5.74) is 0. The van der Waals surface area contributed by atoms with Gasteiger partial charge in [-0.15, -0.1) is 0 Å². The van der Waals surface area contributed by atoms with E-state index in [0.717, 1.165) is 0 Å². The lowest BCUT2D eigenvalue weighted by molar-refractivity contribution is -0.151. The molecule has 0 aliphatic carbocycles. The second kappa shape index (κ2) is 7.38. The van der Waals surface area contributed by atoms with Crippen LogP contribution in [0.25, 0.3) is 0 Å².